The minimum Gasteiger partial charge on any atom is -0.350 e. The standard InChI is InChI=1S/C24H31ClN2O2S/c1-18(23(29)26-24(2,3)4)27(16-20-11-8-12-21(25)15-20)22(28)13-14-30-17-19-9-6-5-7-10-19/h5-12,15,18H,13-14,16-17H2,1-4H3,(H,26,29). The van der Waals surface area contributed by atoms with Crippen LogP contribution in [0, 0.1) is 0 Å². The van der Waals surface area contributed by atoms with Gasteiger partial charge in [-0.25, -0.2) is 0 Å². The summed E-state index contributed by atoms with van der Waals surface area (Å²) in [5, 5.41) is 3.59. The third-order valence-electron chi connectivity index (χ3n) is 4.48. The van der Waals surface area contributed by atoms with E-state index in [1.54, 1.807) is 29.7 Å². The molecule has 2 aromatic rings. The lowest BCUT2D eigenvalue weighted by atomic mass is 10.1. The van der Waals surface area contributed by atoms with Crippen molar-refractivity contribution in [3.8, 4) is 0 Å². The van der Waals surface area contributed by atoms with E-state index in [2.05, 4.69) is 17.4 Å². The van der Waals surface area contributed by atoms with Crippen LogP contribution in [0.1, 0.15) is 45.2 Å². The maximum absolute atomic E-state index is 13.1. The molecule has 0 aliphatic carbocycles. The van der Waals surface area contributed by atoms with Gasteiger partial charge in [-0.05, 0) is 51.0 Å². The van der Waals surface area contributed by atoms with Gasteiger partial charge in [-0.1, -0.05) is 54.1 Å². The Balaban J connectivity index is 2.03. The van der Waals surface area contributed by atoms with Gasteiger partial charge in [-0.3, -0.25) is 9.59 Å². The first-order valence-electron chi connectivity index (χ1n) is 10.1. The number of hydrogen-bond donors (Lipinski definition) is 1. The number of rotatable bonds is 9. The number of carbonyl (C=O) groups excluding carboxylic acids is 2. The van der Waals surface area contributed by atoms with Crippen molar-refractivity contribution in [2.45, 2.75) is 58.0 Å². The fourth-order valence-electron chi connectivity index (χ4n) is 2.96. The zero-order valence-electron chi connectivity index (χ0n) is 18.2. The second kappa shape index (κ2) is 11.4. The molecule has 2 aromatic carbocycles. The Hall–Kier alpha value is -1.98. The minimum absolute atomic E-state index is 0.0351. The summed E-state index contributed by atoms with van der Waals surface area (Å²) < 4.78 is 0. The van der Waals surface area contributed by atoms with Crippen molar-refractivity contribution >= 4 is 35.2 Å². The lowest BCUT2D eigenvalue weighted by Gasteiger charge is -2.31. The molecule has 1 atom stereocenters. The van der Waals surface area contributed by atoms with Gasteiger partial charge in [0.25, 0.3) is 0 Å². The third-order valence-corrected chi connectivity index (χ3v) is 5.74. The van der Waals surface area contributed by atoms with Crippen LogP contribution in [0.5, 0.6) is 0 Å². The first kappa shape index (κ1) is 24.3. The van der Waals surface area contributed by atoms with Crippen molar-refractivity contribution in [2.75, 3.05) is 5.75 Å². The Kier molecular flexibility index (Phi) is 9.25. The van der Waals surface area contributed by atoms with Gasteiger partial charge < -0.3 is 10.2 Å². The molecule has 4 nitrogen and oxygen atoms in total. The van der Waals surface area contributed by atoms with Crippen molar-refractivity contribution in [1.82, 2.24) is 10.2 Å². The molecular weight excluding hydrogens is 416 g/mol. The van der Waals surface area contributed by atoms with Crippen molar-refractivity contribution in [3.63, 3.8) is 0 Å². The summed E-state index contributed by atoms with van der Waals surface area (Å²) in [6.45, 7) is 7.92. The zero-order chi connectivity index (χ0) is 22.1. The lowest BCUT2D eigenvalue weighted by Crippen LogP contribution is -2.52. The van der Waals surface area contributed by atoms with E-state index in [9.17, 15) is 9.59 Å². The molecule has 30 heavy (non-hydrogen) atoms. The van der Waals surface area contributed by atoms with Gasteiger partial charge in [-0.15, -0.1) is 0 Å². The molecule has 1 N–H and O–H groups in total. The summed E-state index contributed by atoms with van der Waals surface area (Å²) in [7, 11) is 0. The minimum atomic E-state index is -0.574. The number of amides is 2. The molecule has 0 aromatic heterocycles. The van der Waals surface area contributed by atoms with Gasteiger partial charge in [0.2, 0.25) is 11.8 Å². The van der Waals surface area contributed by atoms with Crippen molar-refractivity contribution in [2.24, 2.45) is 0 Å². The summed E-state index contributed by atoms with van der Waals surface area (Å²) in [5.41, 5.74) is 1.79. The van der Waals surface area contributed by atoms with E-state index in [1.165, 1.54) is 5.56 Å². The highest BCUT2D eigenvalue weighted by molar-refractivity contribution is 7.98. The van der Waals surface area contributed by atoms with Gasteiger partial charge in [0, 0.05) is 35.0 Å². The summed E-state index contributed by atoms with van der Waals surface area (Å²) in [6, 6.07) is 17.0. The average molecular weight is 447 g/mol. The summed E-state index contributed by atoms with van der Waals surface area (Å²) in [6.07, 6.45) is 0.380. The highest BCUT2D eigenvalue weighted by atomic mass is 35.5. The number of hydrogen-bond acceptors (Lipinski definition) is 3. The van der Waals surface area contributed by atoms with Crippen LogP contribution < -0.4 is 5.32 Å². The average Bonchev–Trinajstić information content (AvgIpc) is 2.68. The van der Waals surface area contributed by atoms with Crippen molar-refractivity contribution < 1.29 is 9.59 Å². The molecule has 162 valence electrons. The number of nitrogens with zero attached hydrogens (tertiary/aromatic N) is 1. The monoisotopic (exact) mass is 446 g/mol. The van der Waals surface area contributed by atoms with Crippen LogP contribution >= 0.6 is 23.4 Å². The fraction of sp³-hybridized carbons (Fsp3) is 0.417. The highest BCUT2D eigenvalue weighted by Gasteiger charge is 2.28. The SMILES string of the molecule is CC(C(=O)NC(C)(C)C)N(Cc1cccc(Cl)c1)C(=O)CCSCc1ccccc1. The number of nitrogens with one attached hydrogen (secondary N) is 1. The van der Waals surface area contributed by atoms with E-state index in [-0.39, 0.29) is 17.4 Å². The summed E-state index contributed by atoms with van der Waals surface area (Å²) >= 11 is 7.83. The van der Waals surface area contributed by atoms with E-state index < -0.39 is 6.04 Å². The van der Waals surface area contributed by atoms with Crippen LogP contribution in [0.4, 0.5) is 0 Å². The topological polar surface area (TPSA) is 49.4 Å². The molecule has 2 rings (SSSR count). The maximum atomic E-state index is 13.1. The first-order chi connectivity index (χ1) is 14.2. The normalized spacial score (nSPS) is 12.3. The molecule has 1 unspecified atom stereocenters. The van der Waals surface area contributed by atoms with Gasteiger partial charge in [-0.2, -0.15) is 11.8 Å². The molecule has 0 fully saturated rings. The Morgan fingerprint density at radius 1 is 1.07 bits per heavy atom. The Labute approximate surface area is 189 Å². The van der Waals surface area contributed by atoms with Crippen LogP contribution in [-0.2, 0) is 21.9 Å². The number of halogens is 1. The Morgan fingerprint density at radius 3 is 2.37 bits per heavy atom. The molecule has 0 aliphatic rings. The molecule has 0 bridgehead atoms. The molecular formula is C24H31ClN2O2S. The quantitative estimate of drug-likeness (QED) is 0.532. The maximum Gasteiger partial charge on any atom is 0.242 e. The molecule has 2 amide bonds. The van der Waals surface area contributed by atoms with Gasteiger partial charge in [0.15, 0.2) is 0 Å². The van der Waals surface area contributed by atoms with Crippen LogP contribution in [0.3, 0.4) is 0 Å². The Bertz CT molecular complexity index is 837. The van der Waals surface area contributed by atoms with E-state index in [0.717, 1.165) is 11.3 Å². The smallest absolute Gasteiger partial charge is 0.242 e. The largest absolute Gasteiger partial charge is 0.350 e. The fourth-order valence-corrected chi connectivity index (χ4v) is 4.06. The van der Waals surface area contributed by atoms with Crippen LogP contribution in [-0.4, -0.2) is 34.0 Å². The third kappa shape index (κ3) is 8.41. The molecule has 0 aliphatic heterocycles. The molecule has 0 radical (unpaired) electrons. The highest BCUT2D eigenvalue weighted by Crippen LogP contribution is 2.18. The van der Waals surface area contributed by atoms with Crippen LogP contribution in [0.15, 0.2) is 54.6 Å². The number of thioether (sulfide) groups is 1. The van der Waals surface area contributed by atoms with Gasteiger partial charge in [0.05, 0.1) is 0 Å². The molecule has 0 spiro atoms. The predicted molar refractivity (Wildman–Crippen MR) is 127 cm³/mol. The van der Waals surface area contributed by atoms with Crippen molar-refractivity contribution in [3.05, 3.63) is 70.7 Å². The summed E-state index contributed by atoms with van der Waals surface area (Å²) in [5.74, 6) is 1.37. The van der Waals surface area contributed by atoms with E-state index in [0.29, 0.717) is 23.7 Å². The number of carbonyl (C=O) groups is 2. The van der Waals surface area contributed by atoms with Gasteiger partial charge >= 0.3 is 0 Å². The molecule has 0 saturated carbocycles. The van der Waals surface area contributed by atoms with E-state index in [1.807, 2.05) is 57.2 Å². The van der Waals surface area contributed by atoms with Crippen LogP contribution in [0.25, 0.3) is 0 Å². The predicted octanol–water partition coefficient (Wildman–Crippen LogP) is 5.30. The second-order valence-corrected chi connectivity index (χ2v) is 9.90. The lowest BCUT2D eigenvalue weighted by molar-refractivity contribution is -0.140. The summed E-state index contributed by atoms with van der Waals surface area (Å²) in [4.78, 5) is 27.4. The Morgan fingerprint density at radius 2 is 1.73 bits per heavy atom. The van der Waals surface area contributed by atoms with E-state index in [4.69, 9.17) is 11.6 Å². The first-order valence-corrected chi connectivity index (χ1v) is 11.7. The van der Waals surface area contributed by atoms with Crippen molar-refractivity contribution in [1.29, 1.82) is 0 Å². The number of benzene rings is 2. The zero-order valence-corrected chi connectivity index (χ0v) is 19.7. The van der Waals surface area contributed by atoms with Crippen LogP contribution in [0.2, 0.25) is 5.02 Å². The molecule has 6 heteroatoms. The molecule has 0 saturated heterocycles. The van der Waals surface area contributed by atoms with Gasteiger partial charge in [0.1, 0.15) is 6.04 Å². The second-order valence-electron chi connectivity index (χ2n) is 8.35. The van der Waals surface area contributed by atoms with E-state index >= 15 is 0 Å². The molecule has 0 heterocycles.